The van der Waals surface area contributed by atoms with E-state index in [0.717, 1.165) is 11.1 Å². The van der Waals surface area contributed by atoms with Crippen molar-refractivity contribution in [1.82, 2.24) is 10.6 Å². The number of nitrogens with one attached hydrogen (secondary N) is 2. The normalized spacial score (nSPS) is 11.3. The van der Waals surface area contributed by atoms with Gasteiger partial charge in [0.05, 0.1) is 13.2 Å². The summed E-state index contributed by atoms with van der Waals surface area (Å²) >= 11 is 0. The highest BCUT2D eigenvalue weighted by molar-refractivity contribution is 5.96. The number of esters is 1. The first-order chi connectivity index (χ1) is 13.8. The number of ether oxygens (including phenoxy) is 2. The van der Waals surface area contributed by atoms with Crippen molar-refractivity contribution in [3.05, 3.63) is 64.7 Å². The average Bonchev–Trinajstić information content (AvgIpc) is 2.72. The molecule has 0 aromatic heterocycles. The molecular weight excluding hydrogens is 372 g/mol. The summed E-state index contributed by atoms with van der Waals surface area (Å²) in [5.41, 5.74) is 3.65. The summed E-state index contributed by atoms with van der Waals surface area (Å²) < 4.78 is 9.98. The first-order valence-corrected chi connectivity index (χ1v) is 9.24. The molecule has 2 amide bonds. The van der Waals surface area contributed by atoms with E-state index in [-0.39, 0.29) is 12.6 Å². The Morgan fingerprint density at radius 2 is 1.79 bits per heavy atom. The highest BCUT2D eigenvalue weighted by Crippen LogP contribution is 2.16. The fraction of sp³-hybridized carbons (Fsp3) is 0.318. The van der Waals surface area contributed by atoms with Gasteiger partial charge in [0, 0.05) is 5.56 Å². The summed E-state index contributed by atoms with van der Waals surface area (Å²) in [4.78, 5) is 35.9. The van der Waals surface area contributed by atoms with Gasteiger partial charge in [0.2, 0.25) is 0 Å². The van der Waals surface area contributed by atoms with Crippen LogP contribution in [0, 0.1) is 13.8 Å². The third-order valence-corrected chi connectivity index (χ3v) is 4.50. The van der Waals surface area contributed by atoms with Crippen LogP contribution >= 0.6 is 0 Å². The number of aryl methyl sites for hydroxylation is 2. The highest BCUT2D eigenvalue weighted by atomic mass is 16.5. The zero-order chi connectivity index (χ0) is 21.4. The van der Waals surface area contributed by atoms with Gasteiger partial charge in [-0.1, -0.05) is 24.3 Å². The predicted octanol–water partition coefficient (Wildman–Crippen LogP) is 2.46. The monoisotopic (exact) mass is 398 g/mol. The smallest absolute Gasteiger partial charge is 0.325 e. The van der Waals surface area contributed by atoms with Gasteiger partial charge >= 0.3 is 5.97 Å². The van der Waals surface area contributed by atoms with Crippen molar-refractivity contribution in [3.8, 4) is 5.75 Å². The molecule has 0 aliphatic carbocycles. The van der Waals surface area contributed by atoms with Gasteiger partial charge in [0.1, 0.15) is 12.3 Å². The average molecular weight is 398 g/mol. The van der Waals surface area contributed by atoms with E-state index >= 15 is 0 Å². The number of amides is 2. The van der Waals surface area contributed by atoms with Crippen molar-refractivity contribution < 1.29 is 23.9 Å². The third-order valence-electron chi connectivity index (χ3n) is 4.50. The lowest BCUT2D eigenvalue weighted by Crippen LogP contribution is -2.34. The van der Waals surface area contributed by atoms with E-state index in [1.807, 2.05) is 39.0 Å². The van der Waals surface area contributed by atoms with Gasteiger partial charge in [0.25, 0.3) is 11.8 Å². The molecule has 7 nitrogen and oxygen atoms in total. The van der Waals surface area contributed by atoms with E-state index in [9.17, 15) is 14.4 Å². The second kappa shape index (κ2) is 10.3. The Hall–Kier alpha value is -3.35. The molecular formula is C22H26N2O5. The van der Waals surface area contributed by atoms with Crippen LogP contribution in [0.4, 0.5) is 0 Å². The molecule has 29 heavy (non-hydrogen) atoms. The molecule has 2 aromatic carbocycles. The highest BCUT2D eigenvalue weighted by Gasteiger charge is 2.14. The number of carbonyl (C=O) groups is 3. The Kier molecular flexibility index (Phi) is 7.77. The van der Waals surface area contributed by atoms with Crippen molar-refractivity contribution >= 4 is 17.8 Å². The van der Waals surface area contributed by atoms with Crippen molar-refractivity contribution in [1.29, 1.82) is 0 Å². The molecule has 2 rings (SSSR count). The van der Waals surface area contributed by atoms with E-state index < -0.39 is 24.4 Å². The molecule has 0 saturated heterocycles. The van der Waals surface area contributed by atoms with Crippen molar-refractivity contribution in [2.24, 2.45) is 0 Å². The Morgan fingerprint density at radius 1 is 1.03 bits per heavy atom. The van der Waals surface area contributed by atoms with E-state index in [2.05, 4.69) is 10.6 Å². The summed E-state index contributed by atoms with van der Waals surface area (Å²) in [6.07, 6.45) is 0. The van der Waals surface area contributed by atoms with Crippen LogP contribution in [0.2, 0.25) is 0 Å². The van der Waals surface area contributed by atoms with Crippen molar-refractivity contribution in [3.63, 3.8) is 0 Å². The van der Waals surface area contributed by atoms with Crippen molar-refractivity contribution in [2.45, 2.75) is 26.8 Å². The summed E-state index contributed by atoms with van der Waals surface area (Å²) in [5, 5.41) is 5.24. The minimum atomic E-state index is -0.699. The van der Waals surface area contributed by atoms with Crippen LogP contribution in [0.25, 0.3) is 0 Å². The number of hydrogen-bond donors (Lipinski definition) is 2. The third kappa shape index (κ3) is 6.64. The van der Waals surface area contributed by atoms with Gasteiger partial charge in [-0.25, -0.2) is 0 Å². The SMILES string of the molecule is COc1cccc(C(=O)NCC(=O)OCC(=O)N[C@@H](C)c2ccc(C)c(C)c2)c1. The summed E-state index contributed by atoms with van der Waals surface area (Å²) in [6, 6.07) is 12.3. The lowest BCUT2D eigenvalue weighted by Gasteiger charge is -2.16. The number of rotatable bonds is 8. The number of hydrogen-bond acceptors (Lipinski definition) is 5. The Balaban J connectivity index is 1.75. The second-order valence-corrected chi connectivity index (χ2v) is 6.71. The van der Waals surface area contributed by atoms with Gasteiger partial charge < -0.3 is 20.1 Å². The lowest BCUT2D eigenvalue weighted by atomic mass is 10.0. The maximum atomic E-state index is 12.1. The second-order valence-electron chi connectivity index (χ2n) is 6.71. The largest absolute Gasteiger partial charge is 0.497 e. The molecule has 7 heteroatoms. The maximum absolute atomic E-state index is 12.1. The molecule has 0 fully saturated rings. The van der Waals surface area contributed by atoms with Gasteiger partial charge in [-0.05, 0) is 55.7 Å². The molecule has 0 aliphatic rings. The molecule has 154 valence electrons. The van der Waals surface area contributed by atoms with Crippen LogP contribution in [0.5, 0.6) is 5.75 Å². The quantitative estimate of drug-likeness (QED) is 0.666. The fourth-order valence-electron chi connectivity index (χ4n) is 2.62. The predicted molar refractivity (Wildman–Crippen MR) is 109 cm³/mol. The van der Waals surface area contributed by atoms with Crippen molar-refractivity contribution in [2.75, 3.05) is 20.3 Å². The number of methoxy groups -OCH3 is 1. The zero-order valence-electron chi connectivity index (χ0n) is 17.1. The molecule has 0 bridgehead atoms. The minimum Gasteiger partial charge on any atom is -0.497 e. The summed E-state index contributed by atoms with van der Waals surface area (Å²) in [5.74, 6) is -1.01. The number of carbonyl (C=O) groups excluding carboxylic acids is 3. The summed E-state index contributed by atoms with van der Waals surface area (Å²) in [6.45, 7) is 5.14. The van der Waals surface area contributed by atoms with E-state index in [1.54, 1.807) is 24.3 Å². The van der Waals surface area contributed by atoms with Crippen LogP contribution < -0.4 is 15.4 Å². The molecule has 0 heterocycles. The standard InChI is InChI=1S/C22H26N2O5/c1-14-8-9-17(10-15(14)2)16(3)24-20(25)13-29-21(26)12-23-22(27)18-6-5-7-19(11-18)28-4/h5-11,16H,12-13H2,1-4H3,(H,23,27)(H,24,25)/t16-/m0/s1. The Bertz CT molecular complexity index is 895. The molecule has 0 saturated carbocycles. The molecule has 0 spiro atoms. The van der Waals surface area contributed by atoms with Gasteiger partial charge in [-0.2, -0.15) is 0 Å². The molecule has 0 unspecified atom stereocenters. The number of benzene rings is 2. The van der Waals surface area contributed by atoms with E-state index in [4.69, 9.17) is 9.47 Å². The Labute approximate surface area is 170 Å². The molecule has 2 aromatic rings. The molecule has 1 atom stereocenters. The van der Waals surface area contributed by atoms with E-state index in [0.29, 0.717) is 11.3 Å². The lowest BCUT2D eigenvalue weighted by molar-refractivity contribution is -0.147. The van der Waals surface area contributed by atoms with E-state index in [1.165, 1.54) is 12.7 Å². The fourth-order valence-corrected chi connectivity index (χ4v) is 2.62. The molecule has 0 aliphatic heterocycles. The van der Waals surface area contributed by atoms with Crippen LogP contribution in [0.3, 0.4) is 0 Å². The van der Waals surface area contributed by atoms with Gasteiger partial charge in [-0.3, -0.25) is 14.4 Å². The Morgan fingerprint density at radius 3 is 2.48 bits per heavy atom. The van der Waals surface area contributed by atoms with Crippen LogP contribution in [-0.2, 0) is 14.3 Å². The summed E-state index contributed by atoms with van der Waals surface area (Å²) in [7, 11) is 1.50. The van der Waals surface area contributed by atoms with Crippen LogP contribution in [0.1, 0.15) is 40.0 Å². The first kappa shape index (κ1) is 21.9. The van der Waals surface area contributed by atoms with Gasteiger partial charge in [0.15, 0.2) is 6.61 Å². The van der Waals surface area contributed by atoms with Crippen LogP contribution in [-0.4, -0.2) is 38.0 Å². The van der Waals surface area contributed by atoms with Gasteiger partial charge in [-0.15, -0.1) is 0 Å². The first-order valence-electron chi connectivity index (χ1n) is 9.24. The minimum absolute atomic E-state index is 0.215. The van der Waals surface area contributed by atoms with Crippen LogP contribution in [0.15, 0.2) is 42.5 Å². The topological polar surface area (TPSA) is 93.7 Å². The zero-order valence-corrected chi connectivity index (χ0v) is 17.1. The molecule has 0 radical (unpaired) electrons. The maximum Gasteiger partial charge on any atom is 0.325 e. The molecule has 2 N–H and O–H groups in total.